The third kappa shape index (κ3) is 5.10. The maximum Gasteiger partial charge on any atom is 0.119 e. The Kier molecular flexibility index (Phi) is 5.88. The van der Waals surface area contributed by atoms with Gasteiger partial charge in [-0.1, -0.05) is 52.0 Å². The molecule has 2 rings (SSSR count). The molecule has 0 heterocycles. The predicted molar refractivity (Wildman–Crippen MR) is 92.5 cm³/mol. The Hall–Kier alpha value is -1.96. The van der Waals surface area contributed by atoms with Crippen LogP contribution in [0, 0.1) is 11.8 Å². The summed E-state index contributed by atoms with van der Waals surface area (Å²) in [5.74, 6) is 2.93. The molecule has 0 fully saturated rings. The van der Waals surface area contributed by atoms with Gasteiger partial charge in [-0.15, -0.1) is 0 Å². The summed E-state index contributed by atoms with van der Waals surface area (Å²) in [6.45, 7) is 10.1. The van der Waals surface area contributed by atoms with Gasteiger partial charge in [0.2, 0.25) is 0 Å². The first kappa shape index (κ1) is 16.4. The zero-order valence-corrected chi connectivity index (χ0v) is 14.0. The second-order valence-electron chi connectivity index (χ2n) is 6.46. The Balaban J connectivity index is 1.99. The zero-order valence-electron chi connectivity index (χ0n) is 14.0. The van der Waals surface area contributed by atoms with E-state index in [4.69, 9.17) is 9.47 Å². The lowest BCUT2D eigenvalue weighted by molar-refractivity contribution is 0.271. The molecule has 0 N–H and O–H groups in total. The molecule has 0 aromatic heterocycles. The van der Waals surface area contributed by atoms with Crippen LogP contribution in [0.5, 0.6) is 11.5 Å². The second-order valence-corrected chi connectivity index (χ2v) is 6.46. The molecule has 0 atom stereocenters. The van der Waals surface area contributed by atoms with Gasteiger partial charge in [-0.25, -0.2) is 0 Å². The van der Waals surface area contributed by atoms with Crippen molar-refractivity contribution in [3.05, 3.63) is 48.5 Å². The van der Waals surface area contributed by atoms with Gasteiger partial charge in [-0.05, 0) is 47.2 Å². The summed E-state index contributed by atoms with van der Waals surface area (Å²) in [5.41, 5.74) is 2.37. The van der Waals surface area contributed by atoms with E-state index in [2.05, 4.69) is 52.0 Å². The van der Waals surface area contributed by atoms with Crippen LogP contribution in [0.15, 0.2) is 48.5 Å². The van der Waals surface area contributed by atoms with E-state index < -0.39 is 0 Å². The van der Waals surface area contributed by atoms with Crippen LogP contribution in [0.2, 0.25) is 0 Å². The van der Waals surface area contributed by atoms with Crippen LogP contribution >= 0.6 is 0 Å². The van der Waals surface area contributed by atoms with Gasteiger partial charge in [-0.3, -0.25) is 0 Å². The maximum atomic E-state index is 5.71. The van der Waals surface area contributed by atoms with E-state index in [-0.39, 0.29) is 0 Å². The van der Waals surface area contributed by atoms with Crippen molar-refractivity contribution in [1.29, 1.82) is 0 Å². The fourth-order valence-electron chi connectivity index (χ4n) is 2.01. The standard InChI is InChI=1S/C20H26O2/c1-15(2)13-21-19-9-5-17(6-10-19)18-7-11-20(12-8-18)22-14-16(3)4/h5-12,15-16H,13-14H2,1-4H3. The molecule has 0 radical (unpaired) electrons. The molecule has 0 saturated heterocycles. The van der Waals surface area contributed by atoms with E-state index >= 15 is 0 Å². The quantitative estimate of drug-likeness (QED) is 0.679. The summed E-state index contributed by atoms with van der Waals surface area (Å²) in [6, 6.07) is 16.5. The van der Waals surface area contributed by atoms with Gasteiger partial charge in [0, 0.05) is 0 Å². The fraction of sp³-hybridized carbons (Fsp3) is 0.400. The minimum atomic E-state index is 0.540. The minimum absolute atomic E-state index is 0.540. The molecule has 0 aliphatic carbocycles. The number of ether oxygens (including phenoxy) is 2. The lowest BCUT2D eigenvalue weighted by Crippen LogP contribution is -2.04. The first-order valence-corrected chi connectivity index (χ1v) is 8.00. The number of rotatable bonds is 7. The summed E-state index contributed by atoms with van der Waals surface area (Å²) in [6.07, 6.45) is 0. The molecular weight excluding hydrogens is 272 g/mol. The molecule has 22 heavy (non-hydrogen) atoms. The van der Waals surface area contributed by atoms with Gasteiger partial charge < -0.3 is 9.47 Å². The molecule has 0 spiro atoms. The summed E-state index contributed by atoms with van der Waals surface area (Å²) in [5, 5.41) is 0. The molecule has 2 aromatic rings. The maximum absolute atomic E-state index is 5.71. The number of hydrogen-bond acceptors (Lipinski definition) is 2. The Morgan fingerprint density at radius 2 is 0.909 bits per heavy atom. The second kappa shape index (κ2) is 7.88. The molecule has 0 unspecified atom stereocenters. The van der Waals surface area contributed by atoms with Gasteiger partial charge in [-0.2, -0.15) is 0 Å². The van der Waals surface area contributed by atoms with Gasteiger partial charge in [0.1, 0.15) is 11.5 Å². The Labute approximate surface area is 134 Å². The van der Waals surface area contributed by atoms with Gasteiger partial charge in [0.25, 0.3) is 0 Å². The lowest BCUT2D eigenvalue weighted by Gasteiger charge is -2.10. The normalized spacial score (nSPS) is 11.0. The number of hydrogen-bond donors (Lipinski definition) is 0. The van der Waals surface area contributed by atoms with E-state index in [1.165, 1.54) is 11.1 Å². The highest BCUT2D eigenvalue weighted by molar-refractivity contribution is 5.64. The summed E-state index contributed by atoms with van der Waals surface area (Å²) >= 11 is 0. The zero-order chi connectivity index (χ0) is 15.9. The third-order valence-corrected chi connectivity index (χ3v) is 3.21. The van der Waals surface area contributed by atoms with Crippen LogP contribution in [0.25, 0.3) is 11.1 Å². The van der Waals surface area contributed by atoms with Gasteiger partial charge >= 0.3 is 0 Å². The van der Waals surface area contributed by atoms with Crippen molar-refractivity contribution < 1.29 is 9.47 Å². The van der Waals surface area contributed by atoms with Crippen LogP contribution in [0.1, 0.15) is 27.7 Å². The van der Waals surface area contributed by atoms with Crippen molar-refractivity contribution in [2.75, 3.05) is 13.2 Å². The van der Waals surface area contributed by atoms with Crippen molar-refractivity contribution in [2.45, 2.75) is 27.7 Å². The van der Waals surface area contributed by atoms with Crippen LogP contribution in [0.3, 0.4) is 0 Å². The molecule has 0 aliphatic rings. The van der Waals surface area contributed by atoms with Crippen molar-refractivity contribution in [2.24, 2.45) is 11.8 Å². The summed E-state index contributed by atoms with van der Waals surface area (Å²) in [7, 11) is 0. The molecule has 0 bridgehead atoms. The number of benzene rings is 2. The minimum Gasteiger partial charge on any atom is -0.493 e. The summed E-state index contributed by atoms with van der Waals surface area (Å²) < 4.78 is 11.4. The fourth-order valence-corrected chi connectivity index (χ4v) is 2.01. The third-order valence-electron chi connectivity index (χ3n) is 3.21. The van der Waals surface area contributed by atoms with E-state index in [0.29, 0.717) is 11.8 Å². The van der Waals surface area contributed by atoms with Gasteiger partial charge in [0.15, 0.2) is 0 Å². The predicted octanol–water partition coefficient (Wildman–Crippen LogP) is 5.42. The monoisotopic (exact) mass is 298 g/mol. The largest absolute Gasteiger partial charge is 0.493 e. The van der Waals surface area contributed by atoms with Crippen LogP contribution in [0.4, 0.5) is 0 Å². The highest BCUT2D eigenvalue weighted by atomic mass is 16.5. The topological polar surface area (TPSA) is 18.5 Å². The molecule has 0 aliphatic heterocycles. The average molecular weight is 298 g/mol. The molecule has 0 saturated carbocycles. The van der Waals surface area contributed by atoms with E-state index in [1.807, 2.05) is 24.3 Å². The first-order chi connectivity index (χ1) is 10.5. The van der Waals surface area contributed by atoms with E-state index in [0.717, 1.165) is 24.7 Å². The summed E-state index contributed by atoms with van der Waals surface area (Å²) in [4.78, 5) is 0. The Morgan fingerprint density at radius 3 is 1.18 bits per heavy atom. The SMILES string of the molecule is CC(C)COc1ccc(-c2ccc(OCC(C)C)cc2)cc1. The average Bonchev–Trinajstić information content (AvgIpc) is 2.52. The van der Waals surface area contributed by atoms with Crippen molar-refractivity contribution in [3.63, 3.8) is 0 Å². The van der Waals surface area contributed by atoms with Crippen LogP contribution in [-0.4, -0.2) is 13.2 Å². The smallest absolute Gasteiger partial charge is 0.119 e. The van der Waals surface area contributed by atoms with E-state index in [9.17, 15) is 0 Å². The molecule has 2 nitrogen and oxygen atoms in total. The molecular formula is C20H26O2. The lowest BCUT2D eigenvalue weighted by atomic mass is 10.1. The van der Waals surface area contributed by atoms with Crippen molar-refractivity contribution in [3.8, 4) is 22.6 Å². The van der Waals surface area contributed by atoms with Crippen LogP contribution in [-0.2, 0) is 0 Å². The molecule has 0 amide bonds. The molecule has 2 aromatic carbocycles. The molecule has 2 heteroatoms. The Bertz CT molecular complexity index is 500. The Morgan fingerprint density at radius 1 is 0.591 bits per heavy atom. The highest BCUT2D eigenvalue weighted by Crippen LogP contribution is 2.25. The molecule has 118 valence electrons. The van der Waals surface area contributed by atoms with Crippen molar-refractivity contribution >= 4 is 0 Å². The van der Waals surface area contributed by atoms with Gasteiger partial charge in [0.05, 0.1) is 13.2 Å². The first-order valence-electron chi connectivity index (χ1n) is 8.00. The van der Waals surface area contributed by atoms with E-state index in [1.54, 1.807) is 0 Å². The van der Waals surface area contributed by atoms with Crippen LogP contribution < -0.4 is 9.47 Å². The highest BCUT2D eigenvalue weighted by Gasteiger charge is 2.02. The van der Waals surface area contributed by atoms with Crippen molar-refractivity contribution in [1.82, 2.24) is 0 Å².